The van der Waals surface area contributed by atoms with E-state index >= 15 is 0 Å². The molecule has 4 nitrogen and oxygen atoms in total. The van der Waals surface area contributed by atoms with E-state index in [-0.39, 0.29) is 18.6 Å². The molecule has 164 valence electrons. The summed E-state index contributed by atoms with van der Waals surface area (Å²) in [5.41, 5.74) is 6.67. The normalized spacial score (nSPS) is 12.0. The lowest BCUT2D eigenvalue weighted by atomic mass is 9.95. The highest BCUT2D eigenvalue weighted by Gasteiger charge is 2.28. The van der Waals surface area contributed by atoms with Crippen LogP contribution >= 0.6 is 0 Å². The third-order valence-electron chi connectivity index (χ3n) is 5.84. The summed E-state index contributed by atoms with van der Waals surface area (Å²) in [4.78, 5) is 18.7. The van der Waals surface area contributed by atoms with Crippen molar-refractivity contribution in [2.24, 2.45) is 0 Å². The van der Waals surface area contributed by atoms with Crippen molar-refractivity contribution in [2.45, 2.75) is 33.7 Å². The Balaban J connectivity index is 1.68. The highest BCUT2D eigenvalue weighted by atomic mass is 16.5. The van der Waals surface area contributed by atoms with Gasteiger partial charge >= 0.3 is 0 Å². The number of carbonyl (C=O) groups excluding carboxylic acids is 1. The Morgan fingerprint density at radius 2 is 1.62 bits per heavy atom. The van der Waals surface area contributed by atoms with Crippen molar-refractivity contribution in [2.75, 3.05) is 13.2 Å². The topological polar surface area (TPSA) is 45.3 Å². The molecular weight excluding hydrogens is 396 g/mol. The highest BCUT2D eigenvalue weighted by molar-refractivity contribution is 5.86. The Hall–Kier alpha value is -3.53. The summed E-state index contributed by atoms with van der Waals surface area (Å²) in [5.74, 6) is 0.688. The molecule has 1 aromatic heterocycles. The molecule has 4 heteroatoms. The maximum absolute atomic E-state index is 13.4. The van der Waals surface area contributed by atoms with Gasteiger partial charge in [-0.3, -0.25) is 4.79 Å². The minimum Gasteiger partial charge on any atom is -0.484 e. The first-order valence-electron chi connectivity index (χ1n) is 11.1. The van der Waals surface area contributed by atoms with E-state index in [0.717, 1.165) is 38.9 Å². The Bertz CT molecular complexity index is 1200. The van der Waals surface area contributed by atoms with Crippen molar-refractivity contribution < 1.29 is 9.53 Å². The number of hydrogen-bond acceptors (Lipinski definition) is 2. The molecular formula is C28H30N2O2. The second kappa shape index (κ2) is 9.31. The number of fused-ring (bicyclic) bond motifs is 1. The zero-order valence-electron chi connectivity index (χ0n) is 19.2. The van der Waals surface area contributed by atoms with Crippen molar-refractivity contribution in [3.8, 4) is 5.75 Å². The van der Waals surface area contributed by atoms with Gasteiger partial charge < -0.3 is 14.6 Å². The summed E-state index contributed by atoms with van der Waals surface area (Å²) in [7, 11) is 0. The number of hydrogen-bond donors (Lipinski definition) is 1. The highest BCUT2D eigenvalue weighted by Crippen LogP contribution is 2.34. The van der Waals surface area contributed by atoms with Gasteiger partial charge in [0.05, 0.1) is 6.04 Å². The molecule has 1 atom stereocenters. The molecule has 4 aromatic rings. The number of benzene rings is 3. The Labute approximate surface area is 189 Å². The van der Waals surface area contributed by atoms with Crippen LogP contribution in [-0.4, -0.2) is 28.9 Å². The fourth-order valence-electron chi connectivity index (χ4n) is 4.34. The summed E-state index contributed by atoms with van der Waals surface area (Å²) in [5, 5.41) is 1.12. The van der Waals surface area contributed by atoms with E-state index in [0.29, 0.717) is 6.54 Å². The van der Waals surface area contributed by atoms with Crippen LogP contribution in [0.5, 0.6) is 5.75 Å². The van der Waals surface area contributed by atoms with Crippen LogP contribution in [0.4, 0.5) is 0 Å². The monoisotopic (exact) mass is 426 g/mol. The van der Waals surface area contributed by atoms with E-state index in [9.17, 15) is 4.79 Å². The number of aromatic amines is 1. The van der Waals surface area contributed by atoms with Crippen LogP contribution in [0, 0.1) is 20.8 Å². The van der Waals surface area contributed by atoms with Gasteiger partial charge in [0.2, 0.25) is 0 Å². The van der Waals surface area contributed by atoms with Gasteiger partial charge in [-0.05, 0) is 62.6 Å². The number of amides is 1. The smallest absolute Gasteiger partial charge is 0.261 e. The van der Waals surface area contributed by atoms with Gasteiger partial charge in [0.25, 0.3) is 5.91 Å². The van der Waals surface area contributed by atoms with Crippen molar-refractivity contribution in [3.05, 3.63) is 101 Å². The maximum Gasteiger partial charge on any atom is 0.261 e. The number of aryl methyl sites for hydroxylation is 3. The van der Waals surface area contributed by atoms with Gasteiger partial charge in [0, 0.05) is 29.2 Å². The van der Waals surface area contributed by atoms with E-state index in [4.69, 9.17) is 4.74 Å². The zero-order valence-corrected chi connectivity index (χ0v) is 19.2. The molecule has 0 saturated heterocycles. The Morgan fingerprint density at radius 3 is 2.31 bits per heavy atom. The largest absolute Gasteiger partial charge is 0.484 e. The van der Waals surface area contributed by atoms with Crippen LogP contribution in [-0.2, 0) is 4.79 Å². The first kappa shape index (κ1) is 21.7. The lowest BCUT2D eigenvalue weighted by Crippen LogP contribution is -2.38. The standard InChI is InChI=1S/C28H30N2O2/c1-5-30(27(31)18-32-23-15-20(3)14-21(4)16-23)28(22-12-10-19(2)11-13-22)25-17-29-26-9-7-6-8-24(25)26/h6-17,28-29H,5,18H2,1-4H3/t28-/m0/s1. The van der Waals surface area contributed by atoms with Crippen molar-refractivity contribution in [1.29, 1.82) is 0 Å². The second-order valence-corrected chi connectivity index (χ2v) is 8.39. The molecule has 0 spiro atoms. The average Bonchev–Trinajstić information content (AvgIpc) is 3.20. The van der Waals surface area contributed by atoms with Gasteiger partial charge in [-0.2, -0.15) is 0 Å². The van der Waals surface area contributed by atoms with E-state index in [1.54, 1.807) is 0 Å². The predicted octanol–water partition coefficient (Wildman–Crippen LogP) is 6.11. The van der Waals surface area contributed by atoms with Crippen LogP contribution < -0.4 is 4.74 Å². The predicted molar refractivity (Wildman–Crippen MR) is 130 cm³/mol. The fraction of sp³-hybridized carbons (Fsp3) is 0.250. The van der Waals surface area contributed by atoms with Crippen LogP contribution in [0.3, 0.4) is 0 Å². The molecule has 0 bridgehead atoms. The van der Waals surface area contributed by atoms with Gasteiger partial charge in [-0.25, -0.2) is 0 Å². The third-order valence-corrected chi connectivity index (χ3v) is 5.84. The fourth-order valence-corrected chi connectivity index (χ4v) is 4.34. The first-order chi connectivity index (χ1) is 15.5. The van der Waals surface area contributed by atoms with Crippen molar-refractivity contribution in [3.63, 3.8) is 0 Å². The molecule has 0 radical (unpaired) electrons. The number of para-hydroxylation sites is 1. The molecule has 0 saturated carbocycles. The number of aromatic nitrogens is 1. The second-order valence-electron chi connectivity index (χ2n) is 8.39. The number of ether oxygens (including phenoxy) is 1. The molecule has 1 heterocycles. The molecule has 32 heavy (non-hydrogen) atoms. The van der Waals surface area contributed by atoms with Gasteiger partial charge in [-0.1, -0.05) is 54.1 Å². The quantitative estimate of drug-likeness (QED) is 0.387. The van der Waals surface area contributed by atoms with Gasteiger partial charge in [0.15, 0.2) is 6.61 Å². The number of H-pyrrole nitrogens is 1. The maximum atomic E-state index is 13.4. The SMILES string of the molecule is CCN(C(=O)COc1cc(C)cc(C)c1)[C@@H](c1ccc(C)cc1)c1c[nH]c2ccccc12. The molecule has 1 amide bonds. The Morgan fingerprint density at radius 1 is 0.938 bits per heavy atom. The summed E-state index contributed by atoms with van der Waals surface area (Å²) >= 11 is 0. The van der Waals surface area contributed by atoms with Crippen molar-refractivity contribution >= 4 is 16.8 Å². The van der Waals surface area contributed by atoms with Crippen molar-refractivity contribution in [1.82, 2.24) is 9.88 Å². The molecule has 4 rings (SSSR count). The van der Waals surface area contributed by atoms with Crippen LogP contribution in [0.2, 0.25) is 0 Å². The molecule has 1 N–H and O–H groups in total. The van der Waals surface area contributed by atoms with E-state index < -0.39 is 0 Å². The lowest BCUT2D eigenvalue weighted by molar-refractivity contribution is -0.134. The minimum atomic E-state index is -0.202. The van der Waals surface area contributed by atoms with Crippen LogP contribution in [0.25, 0.3) is 10.9 Å². The molecule has 0 aliphatic carbocycles. The average molecular weight is 427 g/mol. The van der Waals surface area contributed by atoms with Crippen LogP contribution in [0.15, 0.2) is 72.9 Å². The Kier molecular flexibility index (Phi) is 6.31. The lowest BCUT2D eigenvalue weighted by Gasteiger charge is -2.31. The molecule has 0 fully saturated rings. The molecule has 0 aliphatic heterocycles. The molecule has 3 aromatic carbocycles. The van der Waals surface area contributed by atoms with Crippen LogP contribution in [0.1, 0.15) is 40.8 Å². The third kappa shape index (κ3) is 4.54. The first-order valence-corrected chi connectivity index (χ1v) is 11.1. The number of rotatable bonds is 7. The molecule has 0 unspecified atom stereocenters. The number of carbonyl (C=O) groups is 1. The van der Waals surface area contributed by atoms with E-state index in [1.165, 1.54) is 5.56 Å². The summed E-state index contributed by atoms with van der Waals surface area (Å²) < 4.78 is 5.92. The van der Waals surface area contributed by atoms with Gasteiger partial charge in [0.1, 0.15) is 5.75 Å². The summed E-state index contributed by atoms with van der Waals surface area (Å²) in [6.45, 7) is 8.74. The van der Waals surface area contributed by atoms with Gasteiger partial charge in [-0.15, -0.1) is 0 Å². The minimum absolute atomic E-state index is 0.00144. The summed E-state index contributed by atoms with van der Waals surface area (Å²) in [6.07, 6.45) is 2.02. The number of nitrogens with one attached hydrogen (secondary N) is 1. The zero-order chi connectivity index (χ0) is 22.7. The number of nitrogens with zero attached hydrogens (tertiary/aromatic N) is 1. The molecule has 0 aliphatic rings. The number of likely N-dealkylation sites (N-methyl/N-ethyl adjacent to an activating group) is 1. The van der Waals surface area contributed by atoms with E-state index in [2.05, 4.69) is 54.4 Å². The van der Waals surface area contributed by atoms with E-state index in [1.807, 2.05) is 56.1 Å². The summed E-state index contributed by atoms with van der Waals surface area (Å²) in [6, 6.07) is 22.5.